The zero-order valence-corrected chi connectivity index (χ0v) is 16.4. The molecule has 0 radical (unpaired) electrons. The number of aromatic nitrogens is 1. The van der Waals surface area contributed by atoms with Gasteiger partial charge in [-0.1, -0.05) is 6.07 Å². The highest BCUT2D eigenvalue weighted by Crippen LogP contribution is 2.18. The Morgan fingerprint density at radius 3 is 2.23 bits per heavy atom. The van der Waals surface area contributed by atoms with Gasteiger partial charge in [0.05, 0.1) is 4.90 Å². The fraction of sp³-hybridized carbons (Fsp3) is 0. The highest BCUT2D eigenvalue weighted by molar-refractivity contribution is 14.1. The molecule has 1 heterocycles. The summed E-state index contributed by atoms with van der Waals surface area (Å²) >= 11 is 2.16. The number of halogens is 1. The summed E-state index contributed by atoms with van der Waals surface area (Å²) in [6.07, 6.45) is 1.50. The average molecular weight is 479 g/mol. The average Bonchev–Trinajstić information content (AvgIpc) is 2.63. The zero-order valence-electron chi connectivity index (χ0n) is 13.4. The van der Waals surface area contributed by atoms with Crippen molar-refractivity contribution in [3.63, 3.8) is 0 Å². The quantitative estimate of drug-likeness (QED) is 0.546. The predicted molar refractivity (Wildman–Crippen MR) is 109 cm³/mol. The highest BCUT2D eigenvalue weighted by Gasteiger charge is 2.15. The summed E-state index contributed by atoms with van der Waals surface area (Å²) in [5.41, 5.74) is 1.03. The molecule has 132 valence electrons. The van der Waals surface area contributed by atoms with Crippen LogP contribution < -0.4 is 10.0 Å². The van der Waals surface area contributed by atoms with Crippen LogP contribution in [0.2, 0.25) is 0 Å². The summed E-state index contributed by atoms with van der Waals surface area (Å²) in [6, 6.07) is 18.0. The Morgan fingerprint density at radius 2 is 1.62 bits per heavy atom. The van der Waals surface area contributed by atoms with Crippen LogP contribution in [0.3, 0.4) is 0 Å². The number of anilines is 2. The lowest BCUT2D eigenvalue weighted by Crippen LogP contribution is -2.14. The van der Waals surface area contributed by atoms with Crippen LogP contribution in [0.25, 0.3) is 0 Å². The number of rotatable bonds is 5. The third kappa shape index (κ3) is 4.58. The van der Waals surface area contributed by atoms with Crippen molar-refractivity contribution < 1.29 is 13.2 Å². The molecule has 0 bridgehead atoms. The van der Waals surface area contributed by atoms with E-state index < -0.39 is 10.0 Å². The number of nitrogens with one attached hydrogen (secondary N) is 2. The maximum atomic E-state index is 12.3. The first-order chi connectivity index (χ1) is 12.4. The lowest BCUT2D eigenvalue weighted by molar-refractivity contribution is 0.102. The maximum absolute atomic E-state index is 12.3. The van der Waals surface area contributed by atoms with Crippen molar-refractivity contribution in [1.82, 2.24) is 4.98 Å². The minimum atomic E-state index is -3.74. The molecule has 3 aromatic rings. The second-order valence-corrected chi connectivity index (χ2v) is 8.23. The number of amides is 1. The molecule has 0 saturated carbocycles. The number of pyridine rings is 1. The Labute approximate surface area is 164 Å². The summed E-state index contributed by atoms with van der Waals surface area (Å²) in [5, 5.41) is 2.74. The molecule has 0 fully saturated rings. The monoisotopic (exact) mass is 479 g/mol. The van der Waals surface area contributed by atoms with Crippen molar-refractivity contribution in [2.24, 2.45) is 0 Å². The third-order valence-corrected chi connectivity index (χ3v) is 5.52. The zero-order chi connectivity index (χ0) is 18.6. The summed E-state index contributed by atoms with van der Waals surface area (Å²) < 4.78 is 28.1. The van der Waals surface area contributed by atoms with Crippen molar-refractivity contribution in [3.8, 4) is 0 Å². The van der Waals surface area contributed by atoms with Crippen molar-refractivity contribution in [2.75, 3.05) is 10.0 Å². The van der Waals surface area contributed by atoms with E-state index in [2.05, 4.69) is 37.6 Å². The second-order valence-electron chi connectivity index (χ2n) is 5.31. The fourth-order valence-electron chi connectivity index (χ4n) is 2.14. The first-order valence-electron chi connectivity index (χ1n) is 7.55. The molecule has 2 aromatic carbocycles. The summed E-state index contributed by atoms with van der Waals surface area (Å²) in [4.78, 5) is 16.2. The summed E-state index contributed by atoms with van der Waals surface area (Å²) in [7, 11) is -3.74. The van der Waals surface area contributed by atoms with Gasteiger partial charge in [-0.2, -0.15) is 0 Å². The number of nitrogens with zero attached hydrogens (tertiary/aromatic N) is 1. The van der Waals surface area contributed by atoms with E-state index in [4.69, 9.17) is 0 Å². The SMILES string of the molecule is O=C(Nc1ccc(S(=O)(=O)Nc2ccccn2)cc1)c1ccc(I)cc1. The van der Waals surface area contributed by atoms with Gasteiger partial charge < -0.3 is 5.32 Å². The third-order valence-electron chi connectivity index (χ3n) is 3.43. The topological polar surface area (TPSA) is 88.2 Å². The molecule has 3 rings (SSSR count). The van der Waals surface area contributed by atoms with Crippen LogP contribution in [0, 0.1) is 3.57 Å². The minimum Gasteiger partial charge on any atom is -0.322 e. The van der Waals surface area contributed by atoms with Gasteiger partial charge in [0.15, 0.2) is 0 Å². The van der Waals surface area contributed by atoms with Crippen molar-refractivity contribution in [3.05, 3.63) is 82.1 Å². The standard InChI is InChI=1S/C18H14IN3O3S/c19-14-6-4-13(5-7-14)18(23)21-15-8-10-16(11-9-15)26(24,25)22-17-3-1-2-12-20-17/h1-12H,(H,20,22)(H,21,23). The number of sulfonamides is 1. The molecule has 0 aliphatic heterocycles. The van der Waals surface area contributed by atoms with Crippen LogP contribution in [0.1, 0.15) is 10.4 Å². The fourth-order valence-corrected chi connectivity index (χ4v) is 3.51. The molecule has 1 aromatic heterocycles. The van der Waals surface area contributed by atoms with E-state index in [0.29, 0.717) is 11.3 Å². The van der Waals surface area contributed by atoms with Crippen molar-refractivity contribution in [2.45, 2.75) is 4.90 Å². The minimum absolute atomic E-state index is 0.0791. The number of carbonyl (C=O) groups excluding carboxylic acids is 1. The number of hydrogen-bond acceptors (Lipinski definition) is 4. The molecule has 2 N–H and O–H groups in total. The lowest BCUT2D eigenvalue weighted by Gasteiger charge is -2.09. The van der Waals surface area contributed by atoms with Gasteiger partial charge in [0.1, 0.15) is 5.82 Å². The Kier molecular flexibility index (Phi) is 5.52. The summed E-state index contributed by atoms with van der Waals surface area (Å²) in [6.45, 7) is 0. The van der Waals surface area contributed by atoms with Gasteiger partial charge in [0.25, 0.3) is 15.9 Å². The largest absolute Gasteiger partial charge is 0.322 e. The van der Waals surface area contributed by atoms with Gasteiger partial charge in [-0.15, -0.1) is 0 Å². The van der Waals surface area contributed by atoms with E-state index in [1.165, 1.54) is 30.5 Å². The summed E-state index contributed by atoms with van der Waals surface area (Å²) in [5.74, 6) is -0.0211. The van der Waals surface area contributed by atoms with E-state index in [0.717, 1.165) is 3.57 Å². The first-order valence-corrected chi connectivity index (χ1v) is 10.1. The second kappa shape index (κ2) is 7.83. The Balaban J connectivity index is 1.71. The Hall–Kier alpha value is -2.46. The van der Waals surface area contributed by atoms with Crippen LogP contribution in [0.5, 0.6) is 0 Å². The number of hydrogen-bond donors (Lipinski definition) is 2. The smallest absolute Gasteiger partial charge is 0.263 e. The number of benzene rings is 2. The van der Waals surface area contributed by atoms with Crippen LogP contribution >= 0.6 is 22.6 Å². The van der Waals surface area contributed by atoms with E-state index in [9.17, 15) is 13.2 Å². The van der Waals surface area contributed by atoms with E-state index in [1.54, 1.807) is 30.3 Å². The van der Waals surface area contributed by atoms with Crippen LogP contribution in [-0.2, 0) is 10.0 Å². The first kappa shape index (κ1) is 18.3. The molecule has 0 aliphatic carbocycles. The van der Waals surface area contributed by atoms with Crippen molar-refractivity contribution in [1.29, 1.82) is 0 Å². The molecule has 0 atom stereocenters. The van der Waals surface area contributed by atoms with Crippen LogP contribution in [-0.4, -0.2) is 19.3 Å². The molecule has 0 aliphatic rings. The molecule has 8 heteroatoms. The molecule has 0 saturated heterocycles. The molecular formula is C18H14IN3O3S. The molecule has 6 nitrogen and oxygen atoms in total. The van der Waals surface area contributed by atoms with Gasteiger partial charge in [0.2, 0.25) is 0 Å². The van der Waals surface area contributed by atoms with Gasteiger partial charge in [-0.3, -0.25) is 9.52 Å². The Morgan fingerprint density at radius 1 is 0.923 bits per heavy atom. The van der Waals surface area contributed by atoms with Gasteiger partial charge in [0, 0.05) is 21.0 Å². The lowest BCUT2D eigenvalue weighted by atomic mass is 10.2. The van der Waals surface area contributed by atoms with E-state index in [1.807, 2.05) is 12.1 Å². The van der Waals surface area contributed by atoms with Gasteiger partial charge >= 0.3 is 0 Å². The van der Waals surface area contributed by atoms with E-state index >= 15 is 0 Å². The molecular weight excluding hydrogens is 465 g/mol. The van der Waals surface area contributed by atoms with Gasteiger partial charge in [-0.25, -0.2) is 13.4 Å². The molecule has 0 unspecified atom stereocenters. The van der Waals surface area contributed by atoms with E-state index in [-0.39, 0.29) is 16.6 Å². The predicted octanol–water partition coefficient (Wildman–Crippen LogP) is 3.74. The van der Waals surface area contributed by atoms with Crippen LogP contribution in [0.4, 0.5) is 11.5 Å². The van der Waals surface area contributed by atoms with Crippen LogP contribution in [0.15, 0.2) is 77.8 Å². The number of carbonyl (C=O) groups is 1. The molecule has 1 amide bonds. The molecule has 26 heavy (non-hydrogen) atoms. The normalized spacial score (nSPS) is 11.0. The maximum Gasteiger partial charge on any atom is 0.263 e. The highest BCUT2D eigenvalue weighted by atomic mass is 127. The van der Waals surface area contributed by atoms with Gasteiger partial charge in [-0.05, 0) is 83.3 Å². The molecule has 0 spiro atoms. The van der Waals surface area contributed by atoms with Crippen molar-refractivity contribution >= 4 is 50.0 Å². The Bertz CT molecular complexity index is 1010.